The molecule has 0 spiro atoms. The number of hydrogen-bond donors (Lipinski definition) is 1. The Hall–Kier alpha value is -0.861. The molecule has 3 nitrogen and oxygen atoms in total. The first-order valence-corrected chi connectivity index (χ1v) is 2.51. The van der Waals surface area contributed by atoms with Gasteiger partial charge < -0.3 is 5.73 Å². The maximum absolute atomic E-state index is 10.4. The number of aromatic nitrogens is 1. The van der Waals surface area contributed by atoms with Gasteiger partial charge in [-0.3, -0.25) is 9.78 Å². The molecule has 2 N–H and O–H groups in total. The zero-order valence-electron chi connectivity index (χ0n) is 5.10. The van der Waals surface area contributed by atoms with Crippen molar-refractivity contribution < 1.29 is 21.9 Å². The minimum absolute atomic E-state index is 0. The summed E-state index contributed by atoms with van der Waals surface area (Å²) >= 11 is 0. The average molecular weight is 178 g/mol. The third-order valence-corrected chi connectivity index (χ3v) is 0.917. The van der Waals surface area contributed by atoms with Crippen LogP contribution in [0.2, 0.25) is 0 Å². The quantitative estimate of drug-likeness (QED) is 0.623. The Morgan fingerprint density at radius 1 is 1.50 bits per heavy atom. The Morgan fingerprint density at radius 3 is 2.50 bits per heavy atom. The van der Waals surface area contributed by atoms with Crippen molar-refractivity contribution in [1.82, 2.24) is 4.98 Å². The number of carbonyl (C=O) groups excluding carboxylic acids is 1. The van der Waals surface area contributed by atoms with E-state index in [1.54, 1.807) is 18.2 Å². The molecule has 0 aliphatic carbocycles. The van der Waals surface area contributed by atoms with Crippen LogP contribution < -0.4 is 5.73 Å². The van der Waals surface area contributed by atoms with Crippen LogP contribution in [-0.4, -0.2) is 10.9 Å². The molecule has 0 aliphatic heterocycles. The average Bonchev–Trinajstić information content (AvgIpc) is 1.90. The predicted molar refractivity (Wildman–Crippen MR) is 32.8 cm³/mol. The molecule has 0 fully saturated rings. The first-order chi connectivity index (χ1) is 4.30. The summed E-state index contributed by atoms with van der Waals surface area (Å²) in [5.41, 5.74) is 5.22. The molecule has 1 aromatic heterocycles. The van der Waals surface area contributed by atoms with Crippen LogP contribution in [0, 0.1) is 0 Å². The van der Waals surface area contributed by atoms with E-state index >= 15 is 0 Å². The Bertz CT molecular complexity index is 212. The van der Waals surface area contributed by atoms with Gasteiger partial charge >= 0.3 is 0 Å². The van der Waals surface area contributed by atoms with Crippen molar-refractivity contribution in [3.05, 3.63) is 30.1 Å². The van der Waals surface area contributed by atoms with E-state index in [1.807, 2.05) is 0 Å². The predicted octanol–water partition coefficient (Wildman–Crippen LogP) is 0.178. The summed E-state index contributed by atoms with van der Waals surface area (Å²) in [6.07, 6.45) is 1.53. The van der Waals surface area contributed by atoms with Crippen LogP contribution >= 0.6 is 0 Å². The summed E-state index contributed by atoms with van der Waals surface area (Å²) in [6, 6.07) is 5.02. The molecule has 1 aromatic rings. The summed E-state index contributed by atoms with van der Waals surface area (Å²) < 4.78 is 0. The van der Waals surface area contributed by atoms with Crippen molar-refractivity contribution in [2.24, 2.45) is 5.73 Å². The van der Waals surface area contributed by atoms with Crippen molar-refractivity contribution in [3.8, 4) is 0 Å². The molecule has 0 saturated heterocycles. The number of pyridine rings is 1. The Labute approximate surface area is 69.1 Å². The molecule has 0 saturated carbocycles. The smallest absolute Gasteiger partial charge is 0.267 e. The first-order valence-electron chi connectivity index (χ1n) is 2.51. The maximum atomic E-state index is 10.4. The number of carbonyl (C=O) groups is 1. The standard InChI is InChI=1S/C6H6N2O.Fe/c7-6(9)5-3-1-2-4-8-5;/h1-4H,(H2,7,9);. The van der Waals surface area contributed by atoms with Gasteiger partial charge in [-0.25, -0.2) is 0 Å². The van der Waals surface area contributed by atoms with Crippen LogP contribution in [0.15, 0.2) is 24.4 Å². The molecule has 1 amide bonds. The van der Waals surface area contributed by atoms with E-state index in [-0.39, 0.29) is 17.1 Å². The van der Waals surface area contributed by atoms with E-state index in [2.05, 4.69) is 4.98 Å². The molecule has 1 rings (SSSR count). The number of rotatable bonds is 1. The fraction of sp³-hybridized carbons (Fsp3) is 0. The second-order valence-corrected chi connectivity index (χ2v) is 1.58. The Balaban J connectivity index is 0.000000810. The topological polar surface area (TPSA) is 56.0 Å². The third kappa shape index (κ3) is 2.17. The molecule has 4 heteroatoms. The molecule has 0 aromatic carbocycles. The number of nitrogens with zero attached hydrogens (tertiary/aromatic N) is 1. The van der Waals surface area contributed by atoms with Gasteiger partial charge in [-0.1, -0.05) is 6.07 Å². The van der Waals surface area contributed by atoms with Gasteiger partial charge in [0.1, 0.15) is 5.69 Å². The van der Waals surface area contributed by atoms with Crippen molar-refractivity contribution in [2.75, 3.05) is 0 Å². The maximum Gasteiger partial charge on any atom is 0.267 e. The Kier molecular flexibility index (Phi) is 3.69. The summed E-state index contributed by atoms with van der Waals surface area (Å²) in [5, 5.41) is 0. The monoisotopic (exact) mass is 178 g/mol. The minimum atomic E-state index is -0.490. The van der Waals surface area contributed by atoms with Gasteiger partial charge in [-0.2, -0.15) is 0 Å². The van der Waals surface area contributed by atoms with Crippen molar-refractivity contribution in [2.45, 2.75) is 0 Å². The van der Waals surface area contributed by atoms with Crippen LogP contribution in [0.25, 0.3) is 0 Å². The van der Waals surface area contributed by atoms with Gasteiger partial charge in [-0.15, -0.1) is 0 Å². The molecule has 0 unspecified atom stereocenters. The first kappa shape index (κ1) is 9.14. The fourth-order valence-corrected chi connectivity index (χ4v) is 0.509. The van der Waals surface area contributed by atoms with Gasteiger partial charge in [0.25, 0.3) is 5.91 Å². The largest absolute Gasteiger partial charge is 0.364 e. The normalized spacial score (nSPS) is 8.00. The molecular formula is C6H6FeN2O. The molecule has 1 heterocycles. The van der Waals surface area contributed by atoms with Gasteiger partial charge in [-0.05, 0) is 12.1 Å². The number of hydrogen-bond acceptors (Lipinski definition) is 2. The number of amides is 1. The minimum Gasteiger partial charge on any atom is -0.364 e. The number of primary amides is 1. The second-order valence-electron chi connectivity index (χ2n) is 1.58. The second kappa shape index (κ2) is 4.04. The molecule has 0 atom stereocenters. The van der Waals surface area contributed by atoms with Crippen molar-refractivity contribution in [3.63, 3.8) is 0 Å². The van der Waals surface area contributed by atoms with Gasteiger partial charge in [0, 0.05) is 23.3 Å². The molecule has 10 heavy (non-hydrogen) atoms. The van der Waals surface area contributed by atoms with E-state index in [4.69, 9.17) is 5.73 Å². The van der Waals surface area contributed by atoms with E-state index in [9.17, 15) is 4.79 Å². The van der Waals surface area contributed by atoms with Crippen LogP contribution in [0.4, 0.5) is 0 Å². The van der Waals surface area contributed by atoms with Crippen LogP contribution in [0.3, 0.4) is 0 Å². The summed E-state index contributed by atoms with van der Waals surface area (Å²) in [4.78, 5) is 14.1. The summed E-state index contributed by atoms with van der Waals surface area (Å²) in [7, 11) is 0. The van der Waals surface area contributed by atoms with E-state index in [0.29, 0.717) is 5.69 Å². The molecule has 0 aliphatic rings. The Morgan fingerprint density at radius 2 is 2.20 bits per heavy atom. The molecule has 54 valence electrons. The van der Waals surface area contributed by atoms with Crippen molar-refractivity contribution in [1.29, 1.82) is 0 Å². The summed E-state index contributed by atoms with van der Waals surface area (Å²) in [5.74, 6) is -0.490. The van der Waals surface area contributed by atoms with E-state index in [1.165, 1.54) is 6.20 Å². The van der Waals surface area contributed by atoms with Crippen LogP contribution in [0.5, 0.6) is 0 Å². The zero-order valence-corrected chi connectivity index (χ0v) is 6.20. The third-order valence-electron chi connectivity index (χ3n) is 0.917. The SMILES string of the molecule is NC(=O)c1ccccn1.[Fe]. The van der Waals surface area contributed by atoms with Crippen LogP contribution in [0.1, 0.15) is 10.5 Å². The molecule has 0 bridgehead atoms. The van der Waals surface area contributed by atoms with Crippen molar-refractivity contribution >= 4 is 5.91 Å². The fourth-order valence-electron chi connectivity index (χ4n) is 0.509. The van der Waals surface area contributed by atoms with Crippen LogP contribution in [-0.2, 0) is 17.1 Å². The van der Waals surface area contributed by atoms with E-state index < -0.39 is 5.91 Å². The van der Waals surface area contributed by atoms with Gasteiger partial charge in [0.2, 0.25) is 0 Å². The molecule has 0 radical (unpaired) electrons. The van der Waals surface area contributed by atoms with Gasteiger partial charge in [0.05, 0.1) is 0 Å². The van der Waals surface area contributed by atoms with Gasteiger partial charge in [0.15, 0.2) is 0 Å². The zero-order chi connectivity index (χ0) is 6.69. The summed E-state index contributed by atoms with van der Waals surface area (Å²) in [6.45, 7) is 0. The molecular weight excluding hydrogens is 172 g/mol. The number of nitrogens with two attached hydrogens (primary N) is 1. The van der Waals surface area contributed by atoms with E-state index in [0.717, 1.165) is 0 Å².